The minimum absolute atomic E-state index is 0.253. The summed E-state index contributed by atoms with van der Waals surface area (Å²) in [6.07, 6.45) is 21.2. The van der Waals surface area contributed by atoms with Gasteiger partial charge in [0, 0.05) is 0 Å². The third-order valence-corrected chi connectivity index (χ3v) is 5.98. The topological polar surface area (TPSA) is 164 Å². The van der Waals surface area contributed by atoms with Crippen LogP contribution in [0.3, 0.4) is 0 Å². The van der Waals surface area contributed by atoms with Crippen molar-refractivity contribution in [1.82, 2.24) is 0 Å². The largest absolute Gasteiger partial charge is 0.481 e. The molecule has 202 valence electrons. The van der Waals surface area contributed by atoms with Crippen molar-refractivity contribution in [2.45, 2.75) is 135 Å². The van der Waals surface area contributed by atoms with Crippen LogP contribution in [0.5, 0.6) is 0 Å². The highest BCUT2D eigenvalue weighted by atomic mass is 16.4. The molecule has 0 rings (SSSR count). The zero-order valence-electron chi connectivity index (χ0n) is 21.5. The van der Waals surface area contributed by atoms with E-state index in [4.69, 9.17) is 26.8 Å². The van der Waals surface area contributed by atoms with Gasteiger partial charge in [-0.2, -0.15) is 0 Å². The van der Waals surface area contributed by atoms with Crippen LogP contribution in [-0.2, 0) is 14.4 Å². The molecule has 0 fully saturated rings. The van der Waals surface area contributed by atoms with Crippen LogP contribution in [0.4, 0.5) is 0 Å². The Morgan fingerprint density at radius 2 is 0.912 bits per heavy atom. The number of hydrogen-bond donors (Lipinski definition) is 5. The summed E-state index contributed by atoms with van der Waals surface area (Å²) in [6, 6.07) is -0.716. The molecule has 0 aliphatic heterocycles. The smallest absolute Gasteiger partial charge is 0.320 e. The summed E-state index contributed by atoms with van der Waals surface area (Å²) in [6.45, 7) is 2.86. The van der Waals surface area contributed by atoms with Crippen LogP contribution in [0.2, 0.25) is 0 Å². The highest BCUT2D eigenvalue weighted by molar-refractivity contribution is 5.92. The summed E-state index contributed by atoms with van der Waals surface area (Å²) in [7, 11) is 0. The Bertz CT molecular complexity index is 488. The zero-order valence-corrected chi connectivity index (χ0v) is 21.5. The molecule has 0 saturated carbocycles. The van der Waals surface area contributed by atoms with E-state index in [-0.39, 0.29) is 6.42 Å². The van der Waals surface area contributed by atoms with Crippen molar-refractivity contribution in [1.29, 1.82) is 0 Å². The summed E-state index contributed by atoms with van der Waals surface area (Å²) in [5.74, 6) is -4.59. The van der Waals surface area contributed by atoms with Crippen molar-refractivity contribution in [2.75, 3.05) is 6.54 Å². The van der Waals surface area contributed by atoms with Crippen LogP contribution in [0, 0.1) is 5.92 Å². The number of aliphatic carboxylic acids is 3. The molecule has 0 amide bonds. The van der Waals surface area contributed by atoms with E-state index in [0.29, 0.717) is 19.4 Å². The van der Waals surface area contributed by atoms with E-state index in [2.05, 4.69) is 6.92 Å². The summed E-state index contributed by atoms with van der Waals surface area (Å²) in [5, 5.41) is 25.9. The van der Waals surface area contributed by atoms with Gasteiger partial charge in [0.1, 0.15) is 6.04 Å². The van der Waals surface area contributed by atoms with Crippen LogP contribution < -0.4 is 11.5 Å². The molecule has 34 heavy (non-hydrogen) atoms. The Labute approximate surface area is 206 Å². The summed E-state index contributed by atoms with van der Waals surface area (Å²) in [5.41, 5.74) is 10.4. The quantitative estimate of drug-likeness (QED) is 0.0921. The number of unbranched alkanes of at least 4 members (excludes halogenated alkanes) is 15. The molecule has 0 saturated heterocycles. The van der Waals surface area contributed by atoms with Crippen LogP contribution in [0.15, 0.2) is 0 Å². The Kier molecular flexibility index (Phi) is 26.3. The molecule has 0 aromatic carbocycles. The van der Waals surface area contributed by atoms with Gasteiger partial charge in [0.05, 0.1) is 0 Å². The molecule has 1 atom stereocenters. The van der Waals surface area contributed by atoms with Crippen LogP contribution in [0.1, 0.15) is 129 Å². The first-order valence-electron chi connectivity index (χ1n) is 13.4. The van der Waals surface area contributed by atoms with Crippen molar-refractivity contribution in [3.8, 4) is 0 Å². The first-order chi connectivity index (χ1) is 16.3. The molecule has 0 unspecified atom stereocenters. The van der Waals surface area contributed by atoms with Crippen LogP contribution in [-0.4, -0.2) is 45.8 Å². The summed E-state index contributed by atoms with van der Waals surface area (Å²) in [4.78, 5) is 31.6. The molecular weight excluding hydrogens is 436 g/mol. The van der Waals surface area contributed by atoms with E-state index in [1.54, 1.807) is 0 Å². The van der Waals surface area contributed by atoms with Crippen LogP contribution >= 0.6 is 0 Å². The number of hydrogen-bond acceptors (Lipinski definition) is 5. The van der Waals surface area contributed by atoms with Gasteiger partial charge in [-0.05, 0) is 25.8 Å². The Balaban J connectivity index is 0. The lowest BCUT2D eigenvalue weighted by molar-refractivity contribution is -0.154. The van der Waals surface area contributed by atoms with Gasteiger partial charge in [0.2, 0.25) is 0 Å². The van der Waals surface area contributed by atoms with Crippen molar-refractivity contribution in [3.05, 3.63) is 0 Å². The third kappa shape index (κ3) is 25.0. The zero-order chi connectivity index (χ0) is 26.0. The van der Waals surface area contributed by atoms with E-state index in [9.17, 15) is 14.4 Å². The first-order valence-corrected chi connectivity index (χ1v) is 13.4. The molecule has 8 nitrogen and oxygen atoms in total. The van der Waals surface area contributed by atoms with Crippen molar-refractivity contribution in [3.63, 3.8) is 0 Å². The fraction of sp³-hybridized carbons (Fsp3) is 0.885. The number of rotatable bonds is 23. The van der Waals surface area contributed by atoms with E-state index in [1.165, 1.54) is 77.0 Å². The molecule has 0 aliphatic carbocycles. The lowest BCUT2D eigenvalue weighted by Gasteiger charge is -2.07. The average molecular weight is 489 g/mol. The molecule has 7 N–H and O–H groups in total. The van der Waals surface area contributed by atoms with Gasteiger partial charge in [0.25, 0.3) is 0 Å². The molecule has 0 aromatic heterocycles. The Hall–Kier alpha value is -1.67. The lowest BCUT2D eigenvalue weighted by Crippen LogP contribution is -2.29. The second-order valence-corrected chi connectivity index (χ2v) is 9.20. The van der Waals surface area contributed by atoms with Gasteiger partial charge in [0.15, 0.2) is 5.92 Å². The fourth-order valence-corrected chi connectivity index (χ4v) is 3.70. The third-order valence-electron chi connectivity index (χ3n) is 5.98. The summed E-state index contributed by atoms with van der Waals surface area (Å²) < 4.78 is 0. The van der Waals surface area contributed by atoms with E-state index in [0.717, 1.165) is 25.7 Å². The lowest BCUT2D eigenvalue weighted by atomic mass is 10.00. The van der Waals surface area contributed by atoms with Gasteiger partial charge in [-0.3, -0.25) is 14.4 Å². The van der Waals surface area contributed by atoms with E-state index >= 15 is 0 Å². The van der Waals surface area contributed by atoms with E-state index < -0.39 is 29.9 Å². The fourth-order valence-electron chi connectivity index (χ4n) is 3.70. The molecule has 8 heteroatoms. The standard InChI is InChI=1S/C20H38O4.C6H14N2O2/c1-2-3-4-5-6-7-8-9-10-11-12-13-14-15-16-17-18(19(21)22)20(23)24;7-4-2-1-3-5(8)6(9)10/h18H,2-17H2,1H3,(H,21,22)(H,23,24);5H,1-4,7-8H2,(H,9,10)/t;5-/m.0/s1. The molecular formula is C26H52N2O6. The number of nitrogens with two attached hydrogens (primary N) is 2. The highest BCUT2D eigenvalue weighted by Gasteiger charge is 2.24. The molecule has 0 aromatic rings. The van der Waals surface area contributed by atoms with Crippen molar-refractivity contribution < 1.29 is 29.7 Å². The Morgan fingerprint density at radius 3 is 1.24 bits per heavy atom. The molecule has 0 heterocycles. The van der Waals surface area contributed by atoms with Crippen molar-refractivity contribution >= 4 is 17.9 Å². The van der Waals surface area contributed by atoms with Gasteiger partial charge in [-0.1, -0.05) is 110 Å². The predicted octanol–water partition coefficient (Wildman–Crippen LogP) is 5.56. The SMILES string of the molecule is CCCCCCCCCCCCCCCCCC(C(=O)O)C(=O)O.NCCCC[C@H](N)C(=O)O. The maximum atomic E-state index is 10.7. The van der Waals surface area contributed by atoms with Gasteiger partial charge >= 0.3 is 17.9 Å². The van der Waals surface area contributed by atoms with Gasteiger partial charge in [-0.15, -0.1) is 0 Å². The molecule has 0 radical (unpaired) electrons. The number of carbonyl (C=O) groups is 3. The number of carboxylic acid groups (broad SMARTS) is 3. The average Bonchev–Trinajstić information content (AvgIpc) is 2.78. The van der Waals surface area contributed by atoms with Gasteiger partial charge < -0.3 is 26.8 Å². The van der Waals surface area contributed by atoms with E-state index in [1.807, 2.05) is 0 Å². The second-order valence-electron chi connectivity index (χ2n) is 9.20. The van der Waals surface area contributed by atoms with Gasteiger partial charge in [-0.25, -0.2) is 0 Å². The monoisotopic (exact) mass is 488 g/mol. The molecule has 0 aliphatic rings. The maximum absolute atomic E-state index is 10.7. The molecule has 0 bridgehead atoms. The molecule has 0 spiro atoms. The first kappa shape index (κ1) is 34.5. The minimum atomic E-state index is -1.23. The number of carboxylic acids is 3. The maximum Gasteiger partial charge on any atom is 0.320 e. The normalized spacial score (nSPS) is 11.6. The minimum Gasteiger partial charge on any atom is -0.481 e. The van der Waals surface area contributed by atoms with Crippen molar-refractivity contribution in [2.24, 2.45) is 17.4 Å². The Morgan fingerprint density at radius 1 is 0.559 bits per heavy atom. The second kappa shape index (κ2) is 25.9. The predicted molar refractivity (Wildman–Crippen MR) is 137 cm³/mol. The highest BCUT2D eigenvalue weighted by Crippen LogP contribution is 2.15. The van der Waals surface area contributed by atoms with Crippen LogP contribution in [0.25, 0.3) is 0 Å². The summed E-state index contributed by atoms with van der Waals surface area (Å²) >= 11 is 0.